The van der Waals surface area contributed by atoms with Gasteiger partial charge in [-0.3, -0.25) is 0 Å². The summed E-state index contributed by atoms with van der Waals surface area (Å²) in [6, 6.07) is 2.06. The Hall–Kier alpha value is -1.46. The van der Waals surface area contributed by atoms with Crippen LogP contribution in [-0.4, -0.2) is 18.1 Å². The Morgan fingerprint density at radius 1 is 1.11 bits per heavy atom. The number of nitrogens with one attached hydrogen (secondary N) is 2. The Balaban J connectivity index is 2.91. The normalized spacial score (nSPS) is 11.4. The third kappa shape index (κ3) is 4.43. The van der Waals surface area contributed by atoms with E-state index in [9.17, 15) is 13.2 Å². The molecule has 0 spiro atoms. The van der Waals surface area contributed by atoms with Gasteiger partial charge >= 0.3 is 6.18 Å². The molecular formula is C12H18F3N3. The molecule has 0 radical (unpaired) electrons. The van der Waals surface area contributed by atoms with Gasteiger partial charge in [-0.25, -0.2) is 4.98 Å². The van der Waals surface area contributed by atoms with Crippen LogP contribution in [0.15, 0.2) is 12.1 Å². The molecule has 0 amide bonds. The number of rotatable bonds is 6. The first kappa shape index (κ1) is 14.6. The summed E-state index contributed by atoms with van der Waals surface area (Å²) in [6.07, 6.45) is -2.48. The molecule has 1 aromatic rings. The summed E-state index contributed by atoms with van der Waals surface area (Å²) in [7, 11) is 0. The molecule has 0 aliphatic rings. The van der Waals surface area contributed by atoms with Crippen molar-refractivity contribution in [3.05, 3.63) is 17.7 Å². The smallest absolute Gasteiger partial charge is 0.370 e. The van der Waals surface area contributed by atoms with Gasteiger partial charge in [0.25, 0.3) is 0 Å². The Kier molecular flexibility index (Phi) is 5.25. The van der Waals surface area contributed by atoms with Crippen LogP contribution in [0.2, 0.25) is 0 Å². The van der Waals surface area contributed by atoms with E-state index in [4.69, 9.17) is 0 Å². The maximum Gasteiger partial charge on any atom is 0.416 e. The van der Waals surface area contributed by atoms with Gasteiger partial charge < -0.3 is 10.6 Å². The lowest BCUT2D eigenvalue weighted by atomic mass is 10.2. The minimum absolute atomic E-state index is 0.242. The standard InChI is InChI=1S/C12H18F3N3/c1-3-5-6-17-11-8-9(12(13,14)15)7-10(18-11)16-4-2/h7-8H,3-6H2,1-2H3,(H2,16,17,18). The minimum atomic E-state index is -4.35. The van der Waals surface area contributed by atoms with Crippen LogP contribution in [0.3, 0.4) is 0 Å². The number of hydrogen-bond acceptors (Lipinski definition) is 3. The van der Waals surface area contributed by atoms with Gasteiger partial charge in [0.2, 0.25) is 0 Å². The maximum absolute atomic E-state index is 12.7. The van der Waals surface area contributed by atoms with Crippen molar-refractivity contribution in [1.29, 1.82) is 0 Å². The Morgan fingerprint density at radius 3 is 2.22 bits per heavy atom. The van der Waals surface area contributed by atoms with Gasteiger partial charge in [0.15, 0.2) is 0 Å². The SMILES string of the molecule is CCCCNc1cc(C(F)(F)F)cc(NCC)n1. The Labute approximate surface area is 105 Å². The largest absolute Gasteiger partial charge is 0.416 e. The zero-order valence-corrected chi connectivity index (χ0v) is 10.6. The fraction of sp³-hybridized carbons (Fsp3) is 0.583. The van der Waals surface area contributed by atoms with E-state index < -0.39 is 11.7 Å². The molecule has 1 aromatic heterocycles. The molecule has 3 nitrogen and oxygen atoms in total. The van der Waals surface area contributed by atoms with Crippen LogP contribution in [0.4, 0.5) is 24.8 Å². The lowest BCUT2D eigenvalue weighted by Gasteiger charge is -2.13. The van der Waals surface area contributed by atoms with Crippen LogP contribution in [0.1, 0.15) is 32.3 Å². The molecule has 0 unspecified atom stereocenters. The van der Waals surface area contributed by atoms with E-state index >= 15 is 0 Å². The first-order valence-corrected chi connectivity index (χ1v) is 6.04. The quantitative estimate of drug-likeness (QED) is 0.766. The number of anilines is 2. The highest BCUT2D eigenvalue weighted by Crippen LogP contribution is 2.32. The summed E-state index contributed by atoms with van der Waals surface area (Å²) in [4.78, 5) is 4.09. The molecule has 0 aliphatic carbocycles. The fourth-order valence-corrected chi connectivity index (χ4v) is 1.45. The lowest BCUT2D eigenvalue weighted by Crippen LogP contribution is -2.11. The molecule has 0 atom stereocenters. The topological polar surface area (TPSA) is 37.0 Å². The van der Waals surface area contributed by atoms with Crippen molar-refractivity contribution in [3.63, 3.8) is 0 Å². The molecule has 1 heterocycles. The zero-order chi connectivity index (χ0) is 13.6. The average molecular weight is 261 g/mol. The third-order valence-electron chi connectivity index (χ3n) is 2.35. The molecule has 0 saturated heterocycles. The third-order valence-corrected chi connectivity index (χ3v) is 2.35. The fourth-order valence-electron chi connectivity index (χ4n) is 1.45. The van der Waals surface area contributed by atoms with E-state index in [0.717, 1.165) is 25.0 Å². The monoisotopic (exact) mass is 261 g/mol. The van der Waals surface area contributed by atoms with E-state index in [-0.39, 0.29) is 11.6 Å². The van der Waals surface area contributed by atoms with Crippen molar-refractivity contribution in [2.45, 2.75) is 32.9 Å². The van der Waals surface area contributed by atoms with Crippen LogP contribution in [0.25, 0.3) is 0 Å². The zero-order valence-electron chi connectivity index (χ0n) is 10.6. The van der Waals surface area contributed by atoms with Crippen LogP contribution in [0.5, 0.6) is 0 Å². The van der Waals surface area contributed by atoms with Crippen molar-refractivity contribution >= 4 is 11.6 Å². The highest BCUT2D eigenvalue weighted by Gasteiger charge is 2.31. The Morgan fingerprint density at radius 2 is 1.72 bits per heavy atom. The van der Waals surface area contributed by atoms with Crippen molar-refractivity contribution in [2.75, 3.05) is 23.7 Å². The highest BCUT2D eigenvalue weighted by atomic mass is 19.4. The van der Waals surface area contributed by atoms with Gasteiger partial charge in [-0.15, -0.1) is 0 Å². The van der Waals surface area contributed by atoms with Crippen molar-refractivity contribution < 1.29 is 13.2 Å². The summed E-state index contributed by atoms with van der Waals surface area (Å²) in [6.45, 7) is 4.98. The summed E-state index contributed by atoms with van der Waals surface area (Å²) in [5, 5.41) is 5.71. The van der Waals surface area contributed by atoms with E-state index in [1.165, 1.54) is 0 Å². The minimum Gasteiger partial charge on any atom is -0.370 e. The second-order valence-corrected chi connectivity index (χ2v) is 3.93. The molecule has 2 N–H and O–H groups in total. The van der Waals surface area contributed by atoms with Gasteiger partial charge in [-0.05, 0) is 25.5 Å². The number of unbranched alkanes of at least 4 members (excludes halogenated alkanes) is 1. The Bertz CT molecular complexity index is 377. The molecule has 0 bridgehead atoms. The maximum atomic E-state index is 12.7. The van der Waals surface area contributed by atoms with Crippen LogP contribution >= 0.6 is 0 Å². The average Bonchev–Trinajstić information content (AvgIpc) is 2.28. The number of alkyl halides is 3. The van der Waals surface area contributed by atoms with Crippen molar-refractivity contribution in [1.82, 2.24) is 4.98 Å². The summed E-state index contributed by atoms with van der Waals surface area (Å²) in [5.41, 5.74) is -0.688. The number of hydrogen-bond donors (Lipinski definition) is 2. The van der Waals surface area contributed by atoms with Crippen molar-refractivity contribution in [3.8, 4) is 0 Å². The van der Waals surface area contributed by atoms with Gasteiger partial charge in [-0.1, -0.05) is 13.3 Å². The molecule has 0 saturated carbocycles. The molecule has 0 aromatic carbocycles. The summed E-state index contributed by atoms with van der Waals surface area (Å²) < 4.78 is 38.1. The predicted molar refractivity (Wildman–Crippen MR) is 66.8 cm³/mol. The predicted octanol–water partition coefficient (Wildman–Crippen LogP) is 3.74. The van der Waals surface area contributed by atoms with Gasteiger partial charge in [0.05, 0.1) is 5.56 Å². The summed E-state index contributed by atoms with van der Waals surface area (Å²) >= 11 is 0. The molecule has 1 rings (SSSR count). The molecule has 6 heteroatoms. The molecule has 102 valence electrons. The van der Waals surface area contributed by atoms with E-state index in [1.807, 2.05) is 13.8 Å². The van der Waals surface area contributed by atoms with Gasteiger partial charge in [0, 0.05) is 13.1 Å². The van der Waals surface area contributed by atoms with Crippen LogP contribution in [0, 0.1) is 0 Å². The summed E-state index contributed by atoms with van der Waals surface area (Å²) in [5.74, 6) is 0.501. The number of pyridine rings is 1. The number of halogens is 3. The van der Waals surface area contributed by atoms with Crippen LogP contribution in [-0.2, 0) is 6.18 Å². The first-order chi connectivity index (χ1) is 8.47. The number of aromatic nitrogens is 1. The van der Waals surface area contributed by atoms with Crippen LogP contribution < -0.4 is 10.6 Å². The highest BCUT2D eigenvalue weighted by molar-refractivity contribution is 5.49. The van der Waals surface area contributed by atoms with Crippen molar-refractivity contribution in [2.24, 2.45) is 0 Å². The van der Waals surface area contributed by atoms with Gasteiger partial charge in [0.1, 0.15) is 11.6 Å². The second kappa shape index (κ2) is 6.47. The van der Waals surface area contributed by atoms with Gasteiger partial charge in [-0.2, -0.15) is 13.2 Å². The lowest BCUT2D eigenvalue weighted by molar-refractivity contribution is -0.137. The second-order valence-electron chi connectivity index (χ2n) is 3.93. The first-order valence-electron chi connectivity index (χ1n) is 6.04. The number of nitrogens with zero attached hydrogens (tertiary/aromatic N) is 1. The van der Waals surface area contributed by atoms with E-state index in [1.54, 1.807) is 0 Å². The molecule has 18 heavy (non-hydrogen) atoms. The molecular weight excluding hydrogens is 243 g/mol. The van der Waals surface area contributed by atoms with E-state index in [2.05, 4.69) is 15.6 Å². The van der Waals surface area contributed by atoms with E-state index in [0.29, 0.717) is 13.1 Å². The molecule has 0 fully saturated rings. The molecule has 0 aliphatic heterocycles.